The molecule has 20 heavy (non-hydrogen) atoms. The van der Waals surface area contributed by atoms with E-state index in [0.29, 0.717) is 6.04 Å². The van der Waals surface area contributed by atoms with Gasteiger partial charge in [0.15, 0.2) is 0 Å². The van der Waals surface area contributed by atoms with E-state index in [9.17, 15) is 0 Å². The molecule has 0 aromatic heterocycles. The Morgan fingerprint density at radius 3 is 2.90 bits per heavy atom. The maximum absolute atomic E-state index is 5.61. The van der Waals surface area contributed by atoms with Crippen LogP contribution < -0.4 is 10.5 Å². The molecule has 1 saturated heterocycles. The Bertz CT molecular complexity index is 419. The van der Waals surface area contributed by atoms with E-state index in [2.05, 4.69) is 30.0 Å². The van der Waals surface area contributed by atoms with Gasteiger partial charge in [0.05, 0.1) is 7.11 Å². The van der Waals surface area contributed by atoms with Crippen molar-refractivity contribution in [1.82, 2.24) is 4.90 Å². The van der Waals surface area contributed by atoms with Crippen LogP contribution in [0.5, 0.6) is 5.75 Å². The highest BCUT2D eigenvalue weighted by atomic mass is 16.5. The molecular weight excluding hydrogens is 248 g/mol. The van der Waals surface area contributed by atoms with Crippen LogP contribution in [0.1, 0.15) is 43.7 Å². The van der Waals surface area contributed by atoms with E-state index in [1.165, 1.54) is 36.9 Å². The molecule has 1 unspecified atom stereocenters. The van der Waals surface area contributed by atoms with Crippen molar-refractivity contribution < 1.29 is 4.74 Å². The van der Waals surface area contributed by atoms with Gasteiger partial charge in [0.1, 0.15) is 5.75 Å². The van der Waals surface area contributed by atoms with Crippen molar-refractivity contribution in [3.05, 3.63) is 29.3 Å². The summed E-state index contributed by atoms with van der Waals surface area (Å²) in [5, 5.41) is 0. The van der Waals surface area contributed by atoms with E-state index < -0.39 is 0 Å². The van der Waals surface area contributed by atoms with Crippen molar-refractivity contribution in [2.45, 2.75) is 51.6 Å². The molecule has 1 aliphatic heterocycles. The number of piperidine rings is 1. The average Bonchev–Trinajstić information content (AvgIpc) is 2.48. The van der Waals surface area contributed by atoms with Crippen LogP contribution in [0, 0.1) is 0 Å². The molecule has 1 aromatic rings. The van der Waals surface area contributed by atoms with Crippen LogP contribution in [0.3, 0.4) is 0 Å². The van der Waals surface area contributed by atoms with Gasteiger partial charge in [-0.25, -0.2) is 0 Å². The lowest BCUT2D eigenvalue weighted by Gasteiger charge is -2.33. The molecule has 0 spiro atoms. The molecule has 1 atom stereocenters. The van der Waals surface area contributed by atoms with Gasteiger partial charge < -0.3 is 10.5 Å². The van der Waals surface area contributed by atoms with E-state index in [4.69, 9.17) is 10.5 Å². The summed E-state index contributed by atoms with van der Waals surface area (Å²) >= 11 is 0. The fourth-order valence-electron chi connectivity index (χ4n) is 3.03. The smallest absolute Gasteiger partial charge is 0.123 e. The number of hydrogen-bond donors (Lipinski definition) is 1. The highest BCUT2D eigenvalue weighted by Gasteiger charge is 2.19. The number of likely N-dealkylation sites (tertiary alicyclic amines) is 1. The third-order valence-electron chi connectivity index (χ3n) is 4.33. The largest absolute Gasteiger partial charge is 0.496 e. The predicted molar refractivity (Wildman–Crippen MR) is 84.1 cm³/mol. The fourth-order valence-corrected chi connectivity index (χ4v) is 3.03. The first-order valence-corrected chi connectivity index (χ1v) is 7.84. The van der Waals surface area contributed by atoms with E-state index in [1.807, 2.05) is 0 Å². The van der Waals surface area contributed by atoms with Crippen LogP contribution in [-0.2, 0) is 13.0 Å². The van der Waals surface area contributed by atoms with E-state index in [0.717, 1.165) is 31.7 Å². The lowest BCUT2D eigenvalue weighted by molar-refractivity contribution is 0.151. The normalized spacial score (nSPS) is 20.1. The number of aryl methyl sites for hydroxylation is 1. The minimum absolute atomic E-state index is 0.682. The van der Waals surface area contributed by atoms with Crippen molar-refractivity contribution >= 4 is 0 Å². The highest BCUT2D eigenvalue weighted by Crippen LogP contribution is 2.25. The molecule has 1 heterocycles. The summed E-state index contributed by atoms with van der Waals surface area (Å²) in [6.45, 7) is 5.30. The third kappa shape index (κ3) is 3.97. The Morgan fingerprint density at radius 2 is 2.20 bits per heavy atom. The van der Waals surface area contributed by atoms with Crippen LogP contribution in [0.4, 0.5) is 0 Å². The number of rotatable bonds is 6. The summed E-state index contributed by atoms with van der Waals surface area (Å²) in [5.41, 5.74) is 8.29. The molecular formula is C17H28N2O. The van der Waals surface area contributed by atoms with Crippen LogP contribution in [-0.4, -0.2) is 31.1 Å². The molecule has 0 radical (unpaired) electrons. The van der Waals surface area contributed by atoms with Gasteiger partial charge in [0.25, 0.3) is 0 Å². The summed E-state index contributed by atoms with van der Waals surface area (Å²) in [4.78, 5) is 2.58. The molecule has 1 fully saturated rings. The van der Waals surface area contributed by atoms with Gasteiger partial charge in [-0.05, 0) is 57.3 Å². The van der Waals surface area contributed by atoms with Crippen LogP contribution in [0.15, 0.2) is 18.2 Å². The monoisotopic (exact) mass is 276 g/mol. The number of nitrogens with two attached hydrogens (primary N) is 1. The number of methoxy groups -OCH3 is 1. The molecule has 0 saturated carbocycles. The first-order chi connectivity index (χ1) is 9.74. The molecule has 112 valence electrons. The van der Waals surface area contributed by atoms with Crippen molar-refractivity contribution in [1.29, 1.82) is 0 Å². The molecule has 0 amide bonds. The van der Waals surface area contributed by atoms with Crippen molar-refractivity contribution in [3.8, 4) is 5.75 Å². The second-order valence-corrected chi connectivity index (χ2v) is 5.85. The van der Waals surface area contributed by atoms with Gasteiger partial charge in [-0.2, -0.15) is 0 Å². The zero-order valence-electron chi connectivity index (χ0n) is 12.9. The predicted octanol–water partition coefficient (Wildman–Crippen LogP) is 2.96. The topological polar surface area (TPSA) is 38.5 Å². The lowest BCUT2D eigenvalue weighted by atomic mass is 10.0. The third-order valence-corrected chi connectivity index (χ3v) is 4.33. The Balaban J connectivity index is 2.10. The first kappa shape index (κ1) is 15.3. The summed E-state index contributed by atoms with van der Waals surface area (Å²) in [6, 6.07) is 7.25. The Hall–Kier alpha value is -1.06. The number of nitrogens with zero attached hydrogens (tertiary/aromatic N) is 1. The second-order valence-electron chi connectivity index (χ2n) is 5.85. The van der Waals surface area contributed by atoms with Crippen LogP contribution >= 0.6 is 0 Å². The first-order valence-electron chi connectivity index (χ1n) is 7.84. The van der Waals surface area contributed by atoms with Crippen molar-refractivity contribution in [2.24, 2.45) is 5.73 Å². The Kier molecular flexibility index (Phi) is 5.86. The van der Waals surface area contributed by atoms with Gasteiger partial charge in [-0.3, -0.25) is 4.90 Å². The quantitative estimate of drug-likeness (QED) is 0.868. The van der Waals surface area contributed by atoms with Crippen molar-refractivity contribution in [3.63, 3.8) is 0 Å². The summed E-state index contributed by atoms with van der Waals surface area (Å²) in [6.07, 6.45) is 6.11. The van der Waals surface area contributed by atoms with E-state index >= 15 is 0 Å². The van der Waals surface area contributed by atoms with Gasteiger partial charge in [0.2, 0.25) is 0 Å². The molecule has 1 aliphatic rings. The maximum Gasteiger partial charge on any atom is 0.123 e. The molecule has 3 nitrogen and oxygen atoms in total. The molecule has 2 rings (SSSR count). The zero-order valence-corrected chi connectivity index (χ0v) is 12.9. The Labute approximate surface area is 123 Å². The molecule has 0 bridgehead atoms. The molecule has 2 N–H and O–H groups in total. The number of hydrogen-bond acceptors (Lipinski definition) is 3. The van der Waals surface area contributed by atoms with E-state index in [-0.39, 0.29) is 0 Å². The van der Waals surface area contributed by atoms with Crippen LogP contribution in [0.25, 0.3) is 0 Å². The second kappa shape index (κ2) is 7.65. The minimum Gasteiger partial charge on any atom is -0.496 e. The average molecular weight is 276 g/mol. The number of benzene rings is 1. The summed E-state index contributed by atoms with van der Waals surface area (Å²) < 4.78 is 5.53. The van der Waals surface area contributed by atoms with Gasteiger partial charge in [-0.15, -0.1) is 0 Å². The van der Waals surface area contributed by atoms with Crippen molar-refractivity contribution in [2.75, 3.05) is 20.2 Å². The summed E-state index contributed by atoms with van der Waals surface area (Å²) in [5.74, 6) is 1.01. The maximum atomic E-state index is 5.61. The minimum atomic E-state index is 0.682. The SMILES string of the molecule is COc1ccc(CCCN)cc1CN1CCCCC1C. The highest BCUT2D eigenvalue weighted by molar-refractivity contribution is 5.37. The molecule has 1 aromatic carbocycles. The van der Waals surface area contributed by atoms with Gasteiger partial charge >= 0.3 is 0 Å². The number of ether oxygens (including phenoxy) is 1. The fraction of sp³-hybridized carbons (Fsp3) is 0.647. The zero-order chi connectivity index (χ0) is 14.4. The summed E-state index contributed by atoms with van der Waals surface area (Å²) in [7, 11) is 1.76. The Morgan fingerprint density at radius 1 is 1.35 bits per heavy atom. The van der Waals surface area contributed by atoms with Crippen LogP contribution in [0.2, 0.25) is 0 Å². The molecule has 3 heteroatoms. The van der Waals surface area contributed by atoms with Gasteiger partial charge in [0, 0.05) is 18.2 Å². The molecule has 0 aliphatic carbocycles. The lowest BCUT2D eigenvalue weighted by Crippen LogP contribution is -2.36. The standard InChI is InChI=1S/C17H28N2O/c1-14-6-3-4-11-19(14)13-16-12-15(7-5-10-18)8-9-17(16)20-2/h8-9,12,14H,3-7,10-11,13,18H2,1-2H3. The van der Waals surface area contributed by atoms with E-state index in [1.54, 1.807) is 7.11 Å². The van der Waals surface area contributed by atoms with Gasteiger partial charge in [-0.1, -0.05) is 18.6 Å².